The Labute approximate surface area is 104 Å². The predicted octanol–water partition coefficient (Wildman–Crippen LogP) is 3.93. The number of fused-ring (bicyclic) bond motifs is 4. The van der Waals surface area contributed by atoms with Crippen LogP contribution in [0.2, 0.25) is 6.72 Å². The van der Waals surface area contributed by atoms with Gasteiger partial charge in [0.2, 0.25) is 0 Å². The van der Waals surface area contributed by atoms with Crippen LogP contribution in [0.25, 0.3) is 0 Å². The van der Waals surface area contributed by atoms with Crippen LogP contribution < -0.4 is 0 Å². The fourth-order valence-electron chi connectivity index (χ4n) is 5.30. The molecule has 0 saturated heterocycles. The van der Waals surface area contributed by atoms with Crippen molar-refractivity contribution in [3.8, 4) is 0 Å². The first-order valence-electron chi connectivity index (χ1n) is 7.07. The van der Waals surface area contributed by atoms with Crippen molar-refractivity contribution >= 4 is 21.6 Å². The Bertz CT molecular complexity index is 239. The van der Waals surface area contributed by atoms with Gasteiger partial charge in [0, 0.05) is 0 Å². The zero-order valence-electron chi connectivity index (χ0n) is 9.73. The van der Waals surface area contributed by atoms with Gasteiger partial charge in [0.15, 0.2) is 0 Å². The van der Waals surface area contributed by atoms with Crippen LogP contribution in [0.15, 0.2) is 0 Å². The number of hydrogen-bond donors (Lipinski definition) is 0. The van der Waals surface area contributed by atoms with Gasteiger partial charge in [-0.1, -0.05) is 0 Å². The fraction of sp³-hybridized carbons (Fsp3) is 1.00. The first-order valence-corrected chi connectivity index (χ1v) is 9.92. The van der Waals surface area contributed by atoms with E-state index in [0.717, 1.165) is 6.72 Å². The van der Waals surface area contributed by atoms with Crippen LogP contribution >= 0.6 is 0 Å². The summed E-state index contributed by atoms with van der Waals surface area (Å²) in [6, 6.07) is 0. The molecule has 0 atom stereocenters. The summed E-state index contributed by atoms with van der Waals surface area (Å²) >= 11 is -0.0825. The Balaban J connectivity index is 1.55. The van der Waals surface area contributed by atoms with E-state index in [2.05, 4.69) is 0 Å². The van der Waals surface area contributed by atoms with Crippen LogP contribution in [0.4, 0.5) is 0 Å². The van der Waals surface area contributed by atoms with Crippen LogP contribution in [-0.2, 0) is 0 Å². The van der Waals surface area contributed by atoms with E-state index in [9.17, 15) is 0 Å². The molecule has 0 nitrogen and oxygen atoms in total. The van der Waals surface area contributed by atoms with E-state index in [1.165, 1.54) is 11.8 Å². The molecule has 0 amide bonds. The molecule has 0 aromatic heterocycles. The molecule has 0 unspecified atom stereocenters. The van der Waals surface area contributed by atoms with Crippen LogP contribution in [0.1, 0.15) is 64.2 Å². The number of hydrogen-bond acceptors (Lipinski definition) is 0. The van der Waals surface area contributed by atoms with Gasteiger partial charge in [-0.3, -0.25) is 0 Å². The second-order valence-electron chi connectivity index (χ2n) is 6.98. The van der Waals surface area contributed by atoms with Crippen LogP contribution in [0, 0.1) is 11.8 Å². The average molecular weight is 313 g/mol. The third-order valence-electron chi connectivity index (χ3n) is 6.01. The van der Waals surface area contributed by atoms with E-state index in [1.807, 2.05) is 0 Å². The van der Waals surface area contributed by atoms with Crippen molar-refractivity contribution in [2.75, 3.05) is 0 Å². The van der Waals surface area contributed by atoms with Crippen molar-refractivity contribution in [3.05, 3.63) is 0 Å². The van der Waals surface area contributed by atoms with Gasteiger partial charge in [0.1, 0.15) is 0 Å². The van der Waals surface area contributed by atoms with E-state index in [4.69, 9.17) is 0 Å². The molecule has 4 rings (SSSR count). The van der Waals surface area contributed by atoms with E-state index in [-0.39, 0.29) is 21.6 Å². The van der Waals surface area contributed by atoms with Gasteiger partial charge >= 0.3 is 104 Å². The maximum absolute atomic E-state index is 1.70. The van der Waals surface area contributed by atoms with E-state index in [1.54, 1.807) is 64.2 Å². The zero-order valence-corrected chi connectivity index (χ0v) is 12.6. The van der Waals surface area contributed by atoms with Gasteiger partial charge in [-0.2, -0.15) is 0 Å². The molecule has 0 radical (unpaired) electrons. The molecule has 0 aromatic rings. The molecule has 1 heteroatoms. The quantitative estimate of drug-likeness (QED) is 0.678. The molecule has 0 aliphatic heterocycles. The summed E-state index contributed by atoms with van der Waals surface area (Å²) in [6.07, 6.45) is 16.6. The topological polar surface area (TPSA) is 0 Å². The molecule has 15 heavy (non-hydrogen) atoms. The molecule has 4 aliphatic carbocycles. The molecule has 0 N–H and O–H groups in total. The second kappa shape index (κ2) is 3.18. The van der Waals surface area contributed by atoms with Gasteiger partial charge in [-0.15, -0.1) is 0 Å². The summed E-state index contributed by atoms with van der Waals surface area (Å²) in [7, 11) is 0. The Morgan fingerprint density at radius 3 is 1.33 bits per heavy atom. The first-order chi connectivity index (χ1) is 7.28. The van der Waals surface area contributed by atoms with Gasteiger partial charge in [0.05, 0.1) is 0 Å². The Morgan fingerprint density at radius 1 is 0.667 bits per heavy atom. The first kappa shape index (κ1) is 9.81. The molecule has 84 valence electrons. The summed E-state index contributed by atoms with van der Waals surface area (Å²) in [5.41, 5.74) is 0. The second-order valence-corrected chi connectivity index (χ2v) is 13.7. The summed E-state index contributed by atoms with van der Waals surface area (Å²) in [6.45, 7) is 0. The van der Waals surface area contributed by atoms with Crippen molar-refractivity contribution in [2.24, 2.45) is 11.8 Å². The van der Waals surface area contributed by atoms with Gasteiger partial charge < -0.3 is 0 Å². The van der Waals surface area contributed by atoms with Crippen molar-refractivity contribution in [3.63, 3.8) is 0 Å². The third-order valence-corrected chi connectivity index (χ3v) is 13.1. The third kappa shape index (κ3) is 1.46. The van der Waals surface area contributed by atoms with E-state index < -0.39 is 0 Å². The number of rotatable bonds is 2. The predicted molar refractivity (Wildman–Crippen MR) is 65.7 cm³/mol. The van der Waals surface area contributed by atoms with Crippen LogP contribution in [0.5, 0.6) is 0 Å². The molecular formula is C14H23Sb. The molecule has 4 saturated carbocycles. The molecule has 0 spiro atoms. The van der Waals surface area contributed by atoms with Gasteiger partial charge in [-0.25, -0.2) is 0 Å². The van der Waals surface area contributed by atoms with Crippen LogP contribution in [0.3, 0.4) is 0 Å². The standard InChI is InChI=1S/2C7H11.Sb.H/c2*1-2-7-4-3-6(1)5-7;;/h2*6H,1-5H2;;. The summed E-state index contributed by atoms with van der Waals surface area (Å²) in [4.78, 5) is 0. The minimum absolute atomic E-state index is 0.0825. The summed E-state index contributed by atoms with van der Waals surface area (Å²) < 4.78 is 2.07. The molecule has 0 heterocycles. The van der Waals surface area contributed by atoms with Crippen molar-refractivity contribution in [1.82, 2.24) is 0 Å². The molecule has 4 aliphatic rings. The Hall–Kier alpha value is 0.818. The minimum atomic E-state index is -0.0825. The van der Waals surface area contributed by atoms with Gasteiger partial charge in [0.25, 0.3) is 0 Å². The monoisotopic (exact) mass is 312 g/mol. The summed E-state index contributed by atoms with van der Waals surface area (Å²) in [5.74, 6) is 2.39. The normalized spacial score (nSPS) is 56.8. The molecule has 0 aromatic carbocycles. The van der Waals surface area contributed by atoms with Gasteiger partial charge in [-0.05, 0) is 0 Å². The van der Waals surface area contributed by atoms with E-state index in [0.29, 0.717) is 0 Å². The Kier molecular flexibility index (Phi) is 2.08. The zero-order chi connectivity index (χ0) is 9.93. The summed E-state index contributed by atoms with van der Waals surface area (Å²) in [5, 5.41) is 0. The van der Waals surface area contributed by atoms with Crippen LogP contribution in [-0.4, -0.2) is 21.6 Å². The van der Waals surface area contributed by atoms with Crippen molar-refractivity contribution in [2.45, 2.75) is 70.9 Å². The van der Waals surface area contributed by atoms with Crippen molar-refractivity contribution in [1.29, 1.82) is 0 Å². The van der Waals surface area contributed by atoms with Crippen molar-refractivity contribution < 1.29 is 0 Å². The molecule has 4 fully saturated rings. The maximum atomic E-state index is 1.70. The average Bonchev–Trinajstić information content (AvgIpc) is 2.95. The molecule has 4 bridgehead atoms. The SMILES string of the molecule is C1C[C]2([SbH][C]34CCC(CC3)C4)CCC1C2. The van der Waals surface area contributed by atoms with E-state index >= 15 is 0 Å². The Morgan fingerprint density at radius 2 is 1.07 bits per heavy atom. The fourth-order valence-corrected chi connectivity index (χ4v) is 13.8. The molecular weight excluding hydrogens is 290 g/mol.